The van der Waals surface area contributed by atoms with Crippen molar-refractivity contribution in [2.24, 2.45) is 26.4 Å². The maximum Gasteiger partial charge on any atom is 0.329 e. The van der Waals surface area contributed by atoms with E-state index in [4.69, 9.17) is 27.1 Å². The SMILES string of the molecule is C#CCCC1(CCNC(=O)[C@@H](CCCCC[C@H](O)CCCCCC)O[Si](C)(C)C(C)(C)C)N=N1.C#CCCC1(CCNC(=O)[C@H](C)CCCCC[C@@H](CCCCCC)OC(=O)[C@@H]2CC=CN2C(=O)c2ccccc2)N=N1.O=C(O)[C@@H]1CC=CN1C(=O)c1ccccc1. The Hall–Kier alpha value is -6.80. The Bertz CT molecular complexity index is 2780. The standard InChI is InChI=1S/C34H48N4O4.C27H51N3O3Si.C12H11NO3/c1-4-6-8-14-20-29(42-33(41)30-22-16-26-38(30)32(40)28-18-12-10-13-19-28)21-15-9-11-17-27(3)31(39)35-25-24-34(36-37-34)23-7-5-2;1-8-10-12-14-17-23(31)18-15-13-16-19-24(33-34(6,7)26(3,4)5)25(32)28-22-21-27(29-30-27)20-11-9-2;14-11(9-5-2-1-3-6-9)13-8-4-7-10(13)12(15)16/h2,10,12-13,16,18-19,26-27,29-30H,4,6-9,11,14-15,17,20-25H2,1,3H3,(H,35,39);2,23-24,31H,8,10-22H2,1,3-7H3,(H,28,32);1-6,8,10H,7H2,(H,15,16)/t27-,29-,30+;23-,24-;10-/m110/s1. The first-order valence-electron chi connectivity index (χ1n) is 34.2. The molecule has 0 fully saturated rings. The summed E-state index contributed by atoms with van der Waals surface area (Å²) >= 11 is 0. The molecular weight excluding hydrogens is 1180 g/mol. The van der Waals surface area contributed by atoms with E-state index in [-0.39, 0.29) is 64.1 Å². The highest BCUT2D eigenvalue weighted by Crippen LogP contribution is 2.39. The van der Waals surface area contributed by atoms with Crippen molar-refractivity contribution in [2.75, 3.05) is 13.1 Å². The first-order chi connectivity index (χ1) is 44.0. The van der Waals surface area contributed by atoms with Crippen molar-refractivity contribution in [1.82, 2.24) is 20.4 Å². The van der Waals surface area contributed by atoms with Gasteiger partial charge >= 0.3 is 11.9 Å². The molecule has 6 rings (SSSR count). The topological polar surface area (TPSA) is 241 Å². The number of aliphatic carboxylic acids is 1. The van der Waals surface area contributed by atoms with Crippen molar-refractivity contribution < 1.29 is 48.1 Å². The molecule has 0 unspecified atom stereocenters. The molecule has 0 aromatic heterocycles. The Morgan fingerprint density at radius 1 is 0.620 bits per heavy atom. The van der Waals surface area contributed by atoms with Crippen LogP contribution in [0.25, 0.3) is 0 Å². The van der Waals surface area contributed by atoms with Crippen LogP contribution in [0.4, 0.5) is 0 Å². The van der Waals surface area contributed by atoms with Gasteiger partial charge in [0.1, 0.15) is 24.3 Å². The van der Waals surface area contributed by atoms with E-state index in [9.17, 15) is 33.9 Å². The quantitative estimate of drug-likeness (QED) is 0.0212. The van der Waals surface area contributed by atoms with Crippen LogP contribution in [0.1, 0.15) is 242 Å². The average molecular weight is 1290 g/mol. The molecule has 0 saturated carbocycles. The number of aliphatic hydroxyl groups is 1. The monoisotopic (exact) mass is 1290 g/mol. The first kappa shape index (κ1) is 77.6. The summed E-state index contributed by atoms with van der Waals surface area (Å²) in [6, 6.07) is 16.3. The molecule has 4 heterocycles. The van der Waals surface area contributed by atoms with Gasteiger partial charge in [0.25, 0.3) is 11.8 Å². The Morgan fingerprint density at radius 3 is 1.49 bits per heavy atom. The zero-order valence-corrected chi connectivity index (χ0v) is 57.8. The summed E-state index contributed by atoms with van der Waals surface area (Å²) < 4.78 is 12.6. The van der Waals surface area contributed by atoms with Crippen molar-refractivity contribution >= 4 is 43.9 Å². The lowest BCUT2D eigenvalue weighted by atomic mass is 9.99. The number of amides is 4. The second kappa shape index (κ2) is 41.0. The van der Waals surface area contributed by atoms with E-state index in [1.807, 2.05) is 37.3 Å². The van der Waals surface area contributed by atoms with E-state index < -0.39 is 32.5 Å². The lowest BCUT2D eigenvalue weighted by molar-refractivity contribution is -0.154. The molecule has 0 bridgehead atoms. The number of carboxylic acids is 1. The largest absolute Gasteiger partial charge is 0.480 e. The molecule has 4 amide bonds. The van der Waals surface area contributed by atoms with Crippen LogP contribution in [0.2, 0.25) is 18.1 Å². The number of ether oxygens (including phenoxy) is 1. The van der Waals surface area contributed by atoms with E-state index in [1.165, 1.54) is 41.7 Å². The van der Waals surface area contributed by atoms with Crippen LogP contribution < -0.4 is 10.6 Å². The number of nitrogens with zero attached hydrogens (tertiary/aromatic N) is 6. The third-order valence-electron chi connectivity index (χ3n) is 17.9. The summed E-state index contributed by atoms with van der Waals surface area (Å²) in [7, 11) is -2.08. The number of hydrogen-bond donors (Lipinski definition) is 4. The lowest BCUT2D eigenvalue weighted by Gasteiger charge is -2.39. The van der Waals surface area contributed by atoms with Crippen LogP contribution in [0.15, 0.2) is 106 Å². The van der Waals surface area contributed by atoms with E-state index in [0.29, 0.717) is 69.2 Å². The Morgan fingerprint density at radius 2 is 1.04 bits per heavy atom. The van der Waals surface area contributed by atoms with Gasteiger partial charge in [-0.3, -0.25) is 19.2 Å². The van der Waals surface area contributed by atoms with Crippen LogP contribution in [-0.4, -0.2) is 119 Å². The average Bonchev–Trinajstić information content (AvgIpc) is 1.61. The second-order valence-electron chi connectivity index (χ2n) is 26.6. The molecule has 6 atom stereocenters. The molecular formula is C73H110N8O10Si. The molecule has 92 heavy (non-hydrogen) atoms. The fraction of sp³-hybridized carbons (Fsp3) is 0.644. The van der Waals surface area contributed by atoms with Crippen LogP contribution in [-0.2, 0) is 28.3 Å². The summed E-state index contributed by atoms with van der Waals surface area (Å²) in [6.07, 6.45) is 41.6. The number of nitrogens with one attached hydrogen (secondary N) is 2. The number of unbranched alkanes of at least 4 members (excludes halogenated alkanes) is 10. The van der Waals surface area contributed by atoms with Gasteiger partial charge in [-0.05, 0) is 107 Å². The summed E-state index contributed by atoms with van der Waals surface area (Å²) in [4.78, 5) is 77.5. The lowest BCUT2D eigenvalue weighted by Crippen LogP contribution is -2.49. The highest BCUT2D eigenvalue weighted by Gasteiger charge is 2.43. The van der Waals surface area contributed by atoms with Gasteiger partial charge in [-0.25, -0.2) is 9.59 Å². The number of rotatable bonds is 41. The zero-order valence-electron chi connectivity index (χ0n) is 56.8. The number of carboxylic acid groups (broad SMARTS) is 1. The maximum atomic E-state index is 13.2. The van der Waals surface area contributed by atoms with Crippen molar-refractivity contribution in [3.63, 3.8) is 0 Å². The van der Waals surface area contributed by atoms with Crippen LogP contribution >= 0.6 is 0 Å². The van der Waals surface area contributed by atoms with Crippen LogP contribution in [0, 0.1) is 30.6 Å². The molecule has 4 N–H and O–H groups in total. The highest BCUT2D eigenvalue weighted by molar-refractivity contribution is 6.74. The molecule has 0 saturated heterocycles. The van der Waals surface area contributed by atoms with Gasteiger partial charge in [0, 0.05) is 81.1 Å². The van der Waals surface area contributed by atoms with Gasteiger partial charge in [0.05, 0.1) is 6.10 Å². The number of aliphatic hydroxyl groups excluding tert-OH is 1. The molecule has 18 nitrogen and oxygen atoms in total. The fourth-order valence-electron chi connectivity index (χ4n) is 10.8. The second-order valence-corrected chi connectivity index (χ2v) is 31.3. The first-order valence-corrected chi connectivity index (χ1v) is 37.1. The maximum absolute atomic E-state index is 13.2. The Labute approximate surface area is 551 Å². The molecule has 0 aliphatic carbocycles. The highest BCUT2D eigenvalue weighted by atomic mass is 28.4. The zero-order chi connectivity index (χ0) is 67.4. The van der Waals surface area contributed by atoms with Crippen molar-refractivity contribution in [3.05, 3.63) is 96.3 Å². The number of hydrogen-bond acceptors (Lipinski definition) is 13. The van der Waals surface area contributed by atoms with Gasteiger partial charge in [-0.15, -0.1) is 24.7 Å². The molecule has 19 heteroatoms. The van der Waals surface area contributed by atoms with Crippen LogP contribution in [0.5, 0.6) is 0 Å². The molecule has 2 aromatic carbocycles. The van der Waals surface area contributed by atoms with E-state index in [2.05, 4.69) is 90.6 Å². The third kappa shape index (κ3) is 28.2. The molecule has 0 spiro atoms. The number of benzene rings is 2. The van der Waals surface area contributed by atoms with Gasteiger partial charge < -0.3 is 39.8 Å². The minimum absolute atomic E-state index is 0.0338. The minimum atomic E-state index is -2.08. The number of esters is 1. The summed E-state index contributed by atoms with van der Waals surface area (Å²) in [6.45, 7) is 18.4. The number of carbonyl (C=O) groups excluding carboxylic acids is 5. The molecule has 2 aromatic rings. The summed E-state index contributed by atoms with van der Waals surface area (Å²) in [5.74, 6) is 3.45. The Balaban J connectivity index is 0.000000321. The van der Waals surface area contributed by atoms with Gasteiger partial charge in [0.15, 0.2) is 19.6 Å². The fourth-order valence-corrected chi connectivity index (χ4v) is 12.1. The molecule has 4 aliphatic heterocycles. The Kier molecular flexibility index (Phi) is 34.6. The predicted octanol–water partition coefficient (Wildman–Crippen LogP) is 15.2. The van der Waals surface area contributed by atoms with Crippen LogP contribution in [0.3, 0.4) is 0 Å². The summed E-state index contributed by atoms with van der Waals surface area (Å²) in [5, 5.41) is 41.8. The molecule has 506 valence electrons. The van der Waals surface area contributed by atoms with Gasteiger partial charge in [-0.2, -0.15) is 20.5 Å². The third-order valence-corrected chi connectivity index (χ3v) is 22.4. The van der Waals surface area contributed by atoms with E-state index in [1.54, 1.807) is 48.7 Å². The molecule has 0 radical (unpaired) electrons. The predicted molar refractivity (Wildman–Crippen MR) is 365 cm³/mol. The van der Waals surface area contributed by atoms with E-state index in [0.717, 1.165) is 109 Å². The smallest absolute Gasteiger partial charge is 0.329 e. The van der Waals surface area contributed by atoms with Crippen molar-refractivity contribution in [2.45, 2.75) is 281 Å². The van der Waals surface area contributed by atoms with E-state index >= 15 is 0 Å². The minimum Gasteiger partial charge on any atom is -0.480 e. The number of terminal acetylenes is 2. The van der Waals surface area contributed by atoms with Gasteiger partial charge in [-0.1, -0.05) is 167 Å². The molecule has 4 aliphatic rings. The summed E-state index contributed by atoms with van der Waals surface area (Å²) in [5.41, 5.74) is 0.301. The van der Waals surface area contributed by atoms with Crippen molar-refractivity contribution in [1.29, 1.82) is 0 Å². The number of carbonyl (C=O) groups is 6. The van der Waals surface area contributed by atoms with Gasteiger partial charge in [0.2, 0.25) is 11.8 Å². The normalized spacial score (nSPS) is 17.6. The van der Waals surface area contributed by atoms with Crippen molar-refractivity contribution in [3.8, 4) is 24.7 Å².